The lowest BCUT2D eigenvalue weighted by atomic mass is 9.97. The number of methoxy groups -OCH3 is 1. The van der Waals surface area contributed by atoms with E-state index in [2.05, 4.69) is 4.90 Å². The second-order valence-corrected chi connectivity index (χ2v) is 8.51. The summed E-state index contributed by atoms with van der Waals surface area (Å²) in [6, 6.07) is 9.10. The van der Waals surface area contributed by atoms with Crippen LogP contribution in [0.25, 0.3) is 11.1 Å². The molecular weight excluding hydrogens is 419 g/mol. The molecule has 2 heterocycles. The van der Waals surface area contributed by atoms with Gasteiger partial charge >= 0.3 is 6.18 Å². The third-order valence-corrected chi connectivity index (χ3v) is 6.53. The van der Waals surface area contributed by atoms with Crippen LogP contribution in [0.5, 0.6) is 5.75 Å². The first-order valence-corrected chi connectivity index (χ1v) is 11.0. The summed E-state index contributed by atoms with van der Waals surface area (Å²) in [5.74, 6) is -0.266. The summed E-state index contributed by atoms with van der Waals surface area (Å²) >= 11 is 0. The highest BCUT2D eigenvalue weighted by Crippen LogP contribution is 2.39. The van der Waals surface area contributed by atoms with Gasteiger partial charge < -0.3 is 20.3 Å². The van der Waals surface area contributed by atoms with Crippen molar-refractivity contribution in [1.29, 1.82) is 0 Å². The molecule has 2 aromatic rings. The van der Waals surface area contributed by atoms with Crippen molar-refractivity contribution in [3.63, 3.8) is 0 Å². The molecule has 0 bridgehead atoms. The van der Waals surface area contributed by atoms with Crippen molar-refractivity contribution in [2.75, 3.05) is 38.2 Å². The van der Waals surface area contributed by atoms with E-state index in [0.29, 0.717) is 41.7 Å². The Morgan fingerprint density at radius 2 is 1.72 bits per heavy atom. The first-order valence-electron chi connectivity index (χ1n) is 11.0. The van der Waals surface area contributed by atoms with Crippen molar-refractivity contribution >= 4 is 11.6 Å². The summed E-state index contributed by atoms with van der Waals surface area (Å²) in [7, 11) is 1.44. The van der Waals surface area contributed by atoms with Crippen LogP contribution in [0.15, 0.2) is 36.4 Å². The minimum Gasteiger partial charge on any atom is -0.496 e. The molecule has 0 aromatic heterocycles. The van der Waals surface area contributed by atoms with Crippen LogP contribution < -0.4 is 15.4 Å². The number of benzene rings is 2. The molecule has 2 N–H and O–H groups in total. The molecule has 2 aliphatic rings. The Balaban J connectivity index is 1.69. The number of hydrogen-bond acceptors (Lipinski definition) is 4. The van der Waals surface area contributed by atoms with Gasteiger partial charge in [0.2, 0.25) is 5.91 Å². The van der Waals surface area contributed by atoms with Gasteiger partial charge in [-0.15, -0.1) is 0 Å². The van der Waals surface area contributed by atoms with Crippen LogP contribution in [-0.2, 0) is 6.18 Å². The number of halogens is 3. The summed E-state index contributed by atoms with van der Waals surface area (Å²) < 4.78 is 46.6. The number of likely N-dealkylation sites (tertiary alicyclic amines) is 1. The van der Waals surface area contributed by atoms with Crippen LogP contribution in [0, 0.1) is 0 Å². The van der Waals surface area contributed by atoms with Crippen LogP contribution in [0.3, 0.4) is 0 Å². The first-order chi connectivity index (χ1) is 15.3. The number of nitrogens with zero attached hydrogens (tertiary/aromatic N) is 2. The van der Waals surface area contributed by atoms with Gasteiger partial charge in [0.05, 0.1) is 12.7 Å². The lowest BCUT2D eigenvalue weighted by Gasteiger charge is -2.38. The monoisotopic (exact) mass is 447 g/mol. The zero-order valence-corrected chi connectivity index (χ0v) is 18.1. The van der Waals surface area contributed by atoms with E-state index < -0.39 is 17.6 Å². The molecule has 2 fully saturated rings. The molecular formula is C24H28F3N3O2. The predicted molar refractivity (Wildman–Crippen MR) is 118 cm³/mol. The Morgan fingerprint density at radius 1 is 1.03 bits per heavy atom. The number of nitrogens with two attached hydrogens (primary N) is 1. The fraction of sp³-hybridized carbons (Fsp3) is 0.458. The molecule has 0 aliphatic carbocycles. The van der Waals surface area contributed by atoms with Gasteiger partial charge in [0.1, 0.15) is 5.75 Å². The number of alkyl halides is 3. The van der Waals surface area contributed by atoms with Crippen molar-refractivity contribution in [1.82, 2.24) is 4.90 Å². The molecule has 2 saturated heterocycles. The molecule has 0 saturated carbocycles. The maximum absolute atomic E-state index is 13.8. The van der Waals surface area contributed by atoms with Crippen molar-refractivity contribution in [2.45, 2.75) is 37.9 Å². The van der Waals surface area contributed by atoms with Crippen molar-refractivity contribution in [3.05, 3.63) is 47.5 Å². The molecule has 172 valence electrons. The second kappa shape index (κ2) is 9.02. The average molecular weight is 448 g/mol. The molecule has 8 heteroatoms. The highest BCUT2D eigenvalue weighted by Gasteiger charge is 2.33. The summed E-state index contributed by atoms with van der Waals surface area (Å²) in [4.78, 5) is 16.2. The largest absolute Gasteiger partial charge is 0.496 e. The Bertz CT molecular complexity index is 979. The predicted octanol–water partition coefficient (Wildman–Crippen LogP) is 4.54. The lowest BCUT2D eigenvalue weighted by molar-refractivity contribution is -0.137. The maximum atomic E-state index is 13.8. The minimum absolute atomic E-state index is 0.214. The third kappa shape index (κ3) is 4.70. The summed E-state index contributed by atoms with van der Waals surface area (Å²) in [5.41, 5.74) is 6.16. The summed E-state index contributed by atoms with van der Waals surface area (Å²) in [6.07, 6.45) is -0.169. The molecule has 5 nitrogen and oxygen atoms in total. The number of carbonyl (C=O) groups is 1. The highest BCUT2D eigenvalue weighted by molar-refractivity contribution is 5.95. The topological polar surface area (TPSA) is 58.8 Å². The van der Waals surface area contributed by atoms with E-state index in [0.717, 1.165) is 32.0 Å². The van der Waals surface area contributed by atoms with Crippen LogP contribution in [0.1, 0.15) is 41.6 Å². The van der Waals surface area contributed by atoms with Gasteiger partial charge in [-0.3, -0.25) is 4.79 Å². The van der Waals surface area contributed by atoms with E-state index in [1.165, 1.54) is 38.2 Å². The van der Waals surface area contributed by atoms with E-state index in [-0.39, 0.29) is 5.56 Å². The normalized spacial score (nSPS) is 18.2. The van der Waals surface area contributed by atoms with Gasteiger partial charge in [-0.2, -0.15) is 13.2 Å². The number of piperidine rings is 1. The smallest absolute Gasteiger partial charge is 0.416 e. The number of ether oxygens (including phenoxy) is 1. The van der Waals surface area contributed by atoms with E-state index >= 15 is 0 Å². The van der Waals surface area contributed by atoms with Gasteiger partial charge in [-0.05, 0) is 80.7 Å². The van der Waals surface area contributed by atoms with E-state index in [9.17, 15) is 18.0 Å². The summed E-state index contributed by atoms with van der Waals surface area (Å²) in [6.45, 7) is 3.66. The number of primary amides is 1. The van der Waals surface area contributed by atoms with Gasteiger partial charge in [0.15, 0.2) is 0 Å². The van der Waals surface area contributed by atoms with E-state index in [1.54, 1.807) is 12.1 Å². The SMILES string of the molecule is COc1ccc(C(N)=O)cc1-c1cc(N2CCC(N3CCCC3)CC2)cc(C(F)(F)F)c1. The molecule has 2 aromatic carbocycles. The van der Waals surface area contributed by atoms with Gasteiger partial charge in [0, 0.05) is 35.9 Å². The van der Waals surface area contributed by atoms with Crippen LogP contribution in [-0.4, -0.2) is 50.1 Å². The quantitative estimate of drug-likeness (QED) is 0.731. The van der Waals surface area contributed by atoms with Gasteiger partial charge in [-0.25, -0.2) is 0 Å². The molecule has 1 amide bonds. The molecule has 32 heavy (non-hydrogen) atoms. The standard InChI is InChI=1S/C24H28F3N3O2/c1-32-22-5-4-16(23(28)31)14-21(22)17-12-18(24(25,26)27)15-20(13-17)30-10-6-19(7-11-30)29-8-2-3-9-29/h4-5,12-15,19H,2-3,6-11H2,1H3,(H2,28,31). The minimum atomic E-state index is -4.49. The second-order valence-electron chi connectivity index (χ2n) is 8.51. The van der Waals surface area contributed by atoms with Crippen LogP contribution in [0.2, 0.25) is 0 Å². The molecule has 4 rings (SSSR count). The fourth-order valence-corrected chi connectivity index (χ4v) is 4.80. The van der Waals surface area contributed by atoms with Gasteiger partial charge in [0.25, 0.3) is 0 Å². The number of rotatable bonds is 5. The number of anilines is 1. The molecule has 2 aliphatic heterocycles. The molecule has 0 radical (unpaired) electrons. The Hall–Kier alpha value is -2.74. The average Bonchev–Trinajstić information content (AvgIpc) is 3.33. The maximum Gasteiger partial charge on any atom is 0.416 e. The van der Waals surface area contributed by atoms with Crippen LogP contribution >= 0.6 is 0 Å². The Morgan fingerprint density at radius 3 is 2.31 bits per heavy atom. The zero-order valence-electron chi connectivity index (χ0n) is 18.1. The van der Waals surface area contributed by atoms with Crippen molar-refractivity contribution in [2.24, 2.45) is 5.73 Å². The molecule has 0 unspecified atom stereocenters. The van der Waals surface area contributed by atoms with E-state index in [1.807, 2.05) is 4.90 Å². The molecule has 0 spiro atoms. The number of hydrogen-bond donors (Lipinski definition) is 1. The van der Waals surface area contributed by atoms with Crippen LogP contribution in [0.4, 0.5) is 18.9 Å². The van der Waals surface area contributed by atoms with Crippen molar-refractivity contribution in [3.8, 4) is 16.9 Å². The number of amides is 1. The first kappa shape index (κ1) is 22.5. The fourth-order valence-electron chi connectivity index (χ4n) is 4.80. The summed E-state index contributed by atoms with van der Waals surface area (Å²) in [5, 5.41) is 0. The van der Waals surface area contributed by atoms with E-state index in [4.69, 9.17) is 10.5 Å². The Labute approximate surface area is 185 Å². The molecule has 0 atom stereocenters. The number of carbonyl (C=O) groups excluding carboxylic acids is 1. The van der Waals surface area contributed by atoms with Gasteiger partial charge in [-0.1, -0.05) is 0 Å². The lowest BCUT2D eigenvalue weighted by Crippen LogP contribution is -2.43. The third-order valence-electron chi connectivity index (χ3n) is 6.53. The zero-order chi connectivity index (χ0) is 22.9. The Kier molecular flexibility index (Phi) is 6.33. The van der Waals surface area contributed by atoms with Crippen molar-refractivity contribution < 1.29 is 22.7 Å². The highest BCUT2D eigenvalue weighted by atomic mass is 19.4.